The van der Waals surface area contributed by atoms with Gasteiger partial charge in [-0.3, -0.25) is 4.79 Å². The van der Waals surface area contributed by atoms with E-state index in [1.54, 1.807) is 0 Å². The number of unbranched alkanes of at least 4 members (excludes halogenated alkanes) is 3. The maximum Gasteiger partial charge on any atom is 0.407 e. The number of nitrogens with one attached hydrogen (secondary N) is 1. The Morgan fingerprint density at radius 2 is 1.57 bits per heavy atom. The second-order valence-electron chi connectivity index (χ2n) is 7.01. The van der Waals surface area contributed by atoms with Gasteiger partial charge in [0.15, 0.2) is 0 Å². The first kappa shape index (κ1) is 26.0. The van der Waals surface area contributed by atoms with Crippen LogP contribution in [0.2, 0.25) is 0 Å². The van der Waals surface area contributed by atoms with Crippen molar-refractivity contribution in [1.82, 2.24) is 5.32 Å². The van der Waals surface area contributed by atoms with E-state index in [0.717, 1.165) is 25.7 Å². The first-order valence-corrected chi connectivity index (χ1v) is 9.67. The van der Waals surface area contributed by atoms with E-state index >= 15 is 0 Å². The van der Waals surface area contributed by atoms with Gasteiger partial charge in [-0.25, -0.2) is 14.6 Å². The molecule has 0 unspecified atom stereocenters. The molecule has 0 rings (SSSR count). The fraction of sp³-hybridized carbons (Fsp3) is 0.842. The number of carbonyl (C=O) groups is 2. The molecule has 0 saturated heterocycles. The van der Waals surface area contributed by atoms with E-state index in [1.165, 1.54) is 6.08 Å². The van der Waals surface area contributed by atoms with Gasteiger partial charge in [-0.15, -0.1) is 0 Å². The number of aliphatic imine (C=N–C) groups is 1. The molecule has 0 aromatic carbocycles. The first-order chi connectivity index (χ1) is 13.3. The molecule has 0 radical (unpaired) electrons. The molecule has 0 aromatic heterocycles. The van der Waals surface area contributed by atoms with E-state index in [2.05, 4.69) is 10.3 Å². The lowest BCUT2D eigenvalue weighted by Gasteiger charge is -2.19. The summed E-state index contributed by atoms with van der Waals surface area (Å²) in [4.78, 5) is 36.2. The normalized spacial score (nSPS) is 10.8. The summed E-state index contributed by atoms with van der Waals surface area (Å²) < 4.78 is 20.7. The van der Waals surface area contributed by atoms with Gasteiger partial charge < -0.3 is 24.3 Å². The lowest BCUT2D eigenvalue weighted by atomic mass is 10.2. The number of nitrogens with zero attached hydrogens (tertiary/aromatic N) is 1. The Bertz CT molecular complexity index is 471. The van der Waals surface area contributed by atoms with Gasteiger partial charge in [0.2, 0.25) is 6.08 Å². The predicted molar refractivity (Wildman–Crippen MR) is 103 cm³/mol. The van der Waals surface area contributed by atoms with E-state index in [4.69, 9.17) is 18.9 Å². The van der Waals surface area contributed by atoms with Crippen molar-refractivity contribution in [2.45, 2.75) is 58.5 Å². The third-order valence-corrected chi connectivity index (χ3v) is 3.23. The zero-order valence-corrected chi connectivity index (χ0v) is 17.3. The summed E-state index contributed by atoms with van der Waals surface area (Å²) in [7, 11) is 0. The van der Waals surface area contributed by atoms with Crippen molar-refractivity contribution < 1.29 is 33.3 Å². The Balaban J connectivity index is 3.32. The summed E-state index contributed by atoms with van der Waals surface area (Å²) in [6.45, 7) is 7.93. The standard InChI is InChI=1S/C19H34N2O7/c1-19(2,3)28-17(23)8-11-25-12-13-26-14-15-27-18(24)21-10-7-5-4-6-9-20-16-22/h4-15H2,1-3H3,(H,21,24). The highest BCUT2D eigenvalue weighted by Gasteiger charge is 2.15. The third-order valence-electron chi connectivity index (χ3n) is 3.23. The van der Waals surface area contributed by atoms with Crippen LogP contribution in [0.3, 0.4) is 0 Å². The Hall–Kier alpha value is -1.96. The largest absolute Gasteiger partial charge is 0.460 e. The number of amides is 1. The van der Waals surface area contributed by atoms with Gasteiger partial charge in [0, 0.05) is 6.54 Å². The molecule has 1 amide bonds. The van der Waals surface area contributed by atoms with Crippen molar-refractivity contribution in [3.63, 3.8) is 0 Å². The number of hydrogen-bond acceptors (Lipinski definition) is 8. The van der Waals surface area contributed by atoms with Crippen LogP contribution in [-0.2, 0) is 28.5 Å². The molecule has 0 saturated carbocycles. The van der Waals surface area contributed by atoms with Gasteiger partial charge in [-0.2, -0.15) is 0 Å². The molecular formula is C19H34N2O7. The highest BCUT2D eigenvalue weighted by Crippen LogP contribution is 2.08. The second kappa shape index (κ2) is 17.2. The molecule has 28 heavy (non-hydrogen) atoms. The first-order valence-electron chi connectivity index (χ1n) is 9.67. The molecule has 9 nitrogen and oxygen atoms in total. The monoisotopic (exact) mass is 402 g/mol. The van der Waals surface area contributed by atoms with Crippen molar-refractivity contribution >= 4 is 18.1 Å². The average Bonchev–Trinajstić information content (AvgIpc) is 2.61. The molecule has 0 atom stereocenters. The second-order valence-corrected chi connectivity index (χ2v) is 7.01. The molecule has 1 N–H and O–H groups in total. The average molecular weight is 402 g/mol. The Kier molecular flexibility index (Phi) is 16.0. The molecule has 0 aliphatic rings. The minimum atomic E-state index is -0.486. The van der Waals surface area contributed by atoms with Crippen LogP contribution in [0.15, 0.2) is 4.99 Å². The van der Waals surface area contributed by atoms with E-state index in [-0.39, 0.29) is 32.2 Å². The van der Waals surface area contributed by atoms with Gasteiger partial charge in [-0.1, -0.05) is 12.8 Å². The number of esters is 1. The van der Waals surface area contributed by atoms with Gasteiger partial charge in [0.05, 0.1) is 39.4 Å². The highest BCUT2D eigenvalue weighted by atomic mass is 16.6. The highest BCUT2D eigenvalue weighted by molar-refractivity contribution is 5.69. The zero-order chi connectivity index (χ0) is 21.1. The number of ether oxygens (including phenoxy) is 4. The Morgan fingerprint density at radius 3 is 2.25 bits per heavy atom. The van der Waals surface area contributed by atoms with Crippen LogP contribution in [0.4, 0.5) is 4.79 Å². The maximum atomic E-state index is 11.5. The van der Waals surface area contributed by atoms with Crippen LogP contribution >= 0.6 is 0 Å². The molecule has 0 bridgehead atoms. The SMILES string of the molecule is CC(C)(C)OC(=O)CCOCCOCCOC(=O)NCCCCCCN=C=O. The van der Waals surface area contributed by atoms with E-state index in [1.807, 2.05) is 20.8 Å². The molecule has 9 heteroatoms. The van der Waals surface area contributed by atoms with E-state index in [9.17, 15) is 14.4 Å². The lowest BCUT2D eigenvalue weighted by molar-refractivity contribution is -0.156. The van der Waals surface area contributed by atoms with Gasteiger partial charge in [0.25, 0.3) is 0 Å². The van der Waals surface area contributed by atoms with Crippen LogP contribution in [-0.4, -0.2) is 69.9 Å². The summed E-state index contributed by atoms with van der Waals surface area (Å²) >= 11 is 0. The fourth-order valence-corrected chi connectivity index (χ4v) is 2.02. The Morgan fingerprint density at radius 1 is 0.929 bits per heavy atom. The molecule has 0 spiro atoms. The summed E-state index contributed by atoms with van der Waals surface area (Å²) in [6, 6.07) is 0. The number of rotatable bonds is 16. The topological polar surface area (TPSA) is 113 Å². The summed E-state index contributed by atoms with van der Waals surface area (Å²) in [5, 5.41) is 2.66. The molecule has 162 valence electrons. The number of hydrogen-bond donors (Lipinski definition) is 1. The molecule has 0 heterocycles. The summed E-state index contributed by atoms with van der Waals surface area (Å²) in [6.07, 6.45) is 4.83. The van der Waals surface area contributed by atoms with Crippen LogP contribution < -0.4 is 5.32 Å². The predicted octanol–water partition coefficient (Wildman–Crippen LogP) is 2.37. The number of alkyl carbamates (subject to hydrolysis) is 1. The van der Waals surface area contributed by atoms with Crippen molar-refractivity contribution in [2.24, 2.45) is 4.99 Å². The minimum absolute atomic E-state index is 0.160. The molecule has 0 aromatic rings. The van der Waals surface area contributed by atoms with Gasteiger partial charge in [-0.05, 0) is 33.6 Å². The van der Waals surface area contributed by atoms with Crippen LogP contribution in [0.5, 0.6) is 0 Å². The van der Waals surface area contributed by atoms with E-state index < -0.39 is 11.7 Å². The molecule has 0 aliphatic carbocycles. The van der Waals surface area contributed by atoms with Crippen molar-refractivity contribution in [2.75, 3.05) is 46.1 Å². The number of isocyanates is 1. The van der Waals surface area contributed by atoms with Crippen LogP contribution in [0.1, 0.15) is 52.9 Å². The quantitative estimate of drug-likeness (QED) is 0.182. The van der Waals surface area contributed by atoms with Crippen molar-refractivity contribution in [3.05, 3.63) is 0 Å². The van der Waals surface area contributed by atoms with E-state index in [0.29, 0.717) is 26.3 Å². The van der Waals surface area contributed by atoms with Gasteiger partial charge >= 0.3 is 12.1 Å². The molecular weight excluding hydrogens is 368 g/mol. The number of carbonyl (C=O) groups excluding carboxylic acids is 3. The van der Waals surface area contributed by atoms with Crippen molar-refractivity contribution in [1.29, 1.82) is 0 Å². The van der Waals surface area contributed by atoms with Crippen LogP contribution in [0.25, 0.3) is 0 Å². The van der Waals surface area contributed by atoms with Gasteiger partial charge in [0.1, 0.15) is 12.2 Å². The van der Waals surface area contributed by atoms with Crippen LogP contribution in [0, 0.1) is 0 Å². The molecule has 0 aliphatic heterocycles. The Labute approximate surface area is 167 Å². The summed E-state index contributed by atoms with van der Waals surface area (Å²) in [5.41, 5.74) is -0.486. The smallest absolute Gasteiger partial charge is 0.407 e. The summed E-state index contributed by atoms with van der Waals surface area (Å²) in [5.74, 6) is -0.292. The third kappa shape index (κ3) is 20.4. The zero-order valence-electron chi connectivity index (χ0n) is 17.3. The fourth-order valence-electron chi connectivity index (χ4n) is 2.02. The minimum Gasteiger partial charge on any atom is -0.460 e. The lowest BCUT2D eigenvalue weighted by Crippen LogP contribution is -2.26. The maximum absolute atomic E-state index is 11.5. The molecule has 0 fully saturated rings. The van der Waals surface area contributed by atoms with Crippen molar-refractivity contribution in [3.8, 4) is 0 Å².